The number of rotatable bonds is 2. The van der Waals surface area contributed by atoms with Gasteiger partial charge in [0.25, 0.3) is 0 Å². The molecule has 1 aromatic rings. The average Bonchev–Trinajstić information content (AvgIpc) is 2.15. The number of methoxy groups -OCH3 is 1. The van der Waals surface area contributed by atoms with Crippen molar-refractivity contribution in [3.63, 3.8) is 0 Å². The number of esters is 1. The molecule has 0 aliphatic rings. The molecule has 0 aliphatic heterocycles. The molecule has 0 bridgehead atoms. The molecule has 15 heavy (non-hydrogen) atoms. The third-order valence-corrected chi connectivity index (χ3v) is 2.05. The predicted octanol–water partition coefficient (Wildman–Crippen LogP) is 1.84. The number of ether oxygens (including phenoxy) is 1. The van der Waals surface area contributed by atoms with Gasteiger partial charge in [-0.25, -0.2) is 4.79 Å². The number of carbonyl (C=O) groups excluding carboxylic acids is 1. The van der Waals surface area contributed by atoms with E-state index in [1.165, 1.54) is 19.1 Å². The lowest BCUT2D eigenvalue weighted by atomic mass is 9.75. The van der Waals surface area contributed by atoms with E-state index in [2.05, 4.69) is 4.74 Å². The number of benzene rings is 1. The van der Waals surface area contributed by atoms with Crippen LogP contribution in [0.2, 0.25) is 0 Å². The molecule has 0 radical (unpaired) electrons. The topological polar surface area (TPSA) is 26.3 Å². The van der Waals surface area contributed by atoms with E-state index in [4.69, 9.17) is 0 Å². The number of carbonyl (C=O) groups is 1. The molecule has 0 saturated heterocycles. The normalized spacial score (nSPS) is 11.3. The Morgan fingerprint density at radius 1 is 1.33 bits per heavy atom. The molecule has 1 rings (SSSR count). The summed E-state index contributed by atoms with van der Waals surface area (Å²) in [6.45, 7) is -3.75. The van der Waals surface area contributed by atoms with Crippen LogP contribution in [0.5, 0.6) is 0 Å². The molecule has 0 unspecified atom stereocenters. The van der Waals surface area contributed by atoms with Crippen LogP contribution in [0.4, 0.5) is 12.9 Å². The van der Waals surface area contributed by atoms with E-state index >= 15 is 0 Å². The van der Waals surface area contributed by atoms with Crippen LogP contribution in [0.25, 0.3) is 0 Å². The van der Waals surface area contributed by atoms with E-state index in [0.29, 0.717) is 0 Å². The summed E-state index contributed by atoms with van der Waals surface area (Å²) in [5.74, 6) is -0.956. The van der Waals surface area contributed by atoms with Gasteiger partial charge in [-0.2, -0.15) is 0 Å². The van der Waals surface area contributed by atoms with Crippen molar-refractivity contribution in [1.29, 1.82) is 0 Å². The highest BCUT2D eigenvalue weighted by molar-refractivity contribution is 6.74. The second kappa shape index (κ2) is 3.96. The molecule has 0 atom stereocenters. The third-order valence-electron chi connectivity index (χ3n) is 2.05. The van der Waals surface area contributed by atoms with E-state index in [1.807, 2.05) is 0 Å². The molecule has 0 aliphatic carbocycles. The molecule has 2 nitrogen and oxygen atoms in total. The fourth-order valence-electron chi connectivity index (χ4n) is 1.34. The van der Waals surface area contributed by atoms with Crippen LogP contribution < -0.4 is 5.46 Å². The van der Waals surface area contributed by atoms with E-state index in [1.54, 1.807) is 0 Å². The van der Waals surface area contributed by atoms with Crippen LogP contribution in [0, 0.1) is 6.92 Å². The standard InChI is InChI=1S/C9H9BF3O2/c1-6-4-3-5-7(10(11,12)13)8(6)9(14)15-2/h3-5H,1-2H3/q-1. The van der Waals surface area contributed by atoms with Gasteiger partial charge in [0.05, 0.1) is 7.11 Å². The van der Waals surface area contributed by atoms with Crippen LogP contribution in [0.1, 0.15) is 15.9 Å². The summed E-state index contributed by atoms with van der Waals surface area (Å²) in [5.41, 5.74) is -1.03. The van der Waals surface area contributed by atoms with E-state index in [-0.39, 0.29) is 5.56 Å². The van der Waals surface area contributed by atoms with Crippen molar-refractivity contribution >= 4 is 18.4 Å². The molecule has 82 valence electrons. The summed E-state index contributed by atoms with van der Waals surface area (Å²) in [5, 5.41) is 0. The van der Waals surface area contributed by atoms with Crippen molar-refractivity contribution in [2.24, 2.45) is 0 Å². The highest BCUT2D eigenvalue weighted by Crippen LogP contribution is 2.15. The lowest BCUT2D eigenvalue weighted by Gasteiger charge is -2.19. The van der Waals surface area contributed by atoms with Gasteiger partial charge in [0.2, 0.25) is 0 Å². The van der Waals surface area contributed by atoms with Gasteiger partial charge in [0, 0.05) is 5.56 Å². The van der Waals surface area contributed by atoms with Crippen molar-refractivity contribution in [2.45, 2.75) is 6.92 Å². The number of hydrogen-bond acceptors (Lipinski definition) is 2. The zero-order chi connectivity index (χ0) is 11.6. The first-order valence-corrected chi connectivity index (χ1v) is 4.25. The minimum absolute atomic E-state index is 0.263. The van der Waals surface area contributed by atoms with Gasteiger partial charge >= 0.3 is 12.9 Å². The van der Waals surface area contributed by atoms with Crippen molar-refractivity contribution in [1.82, 2.24) is 0 Å². The van der Waals surface area contributed by atoms with Crippen LogP contribution in [0.3, 0.4) is 0 Å². The second-order valence-electron chi connectivity index (χ2n) is 3.11. The zero-order valence-electron chi connectivity index (χ0n) is 8.26. The Labute approximate surface area is 85.1 Å². The monoisotopic (exact) mass is 217 g/mol. The SMILES string of the molecule is COC(=O)c1c(C)cccc1[B-](F)(F)F. The van der Waals surface area contributed by atoms with Crippen LogP contribution in [0.15, 0.2) is 18.2 Å². The summed E-state index contributed by atoms with van der Waals surface area (Å²) in [4.78, 5) is 11.2. The largest absolute Gasteiger partial charge is 0.510 e. The Bertz CT molecular complexity index is 387. The molecule has 0 N–H and O–H groups in total. The molecule has 0 spiro atoms. The molecule has 6 heteroatoms. The molecule has 0 saturated carbocycles. The van der Waals surface area contributed by atoms with Gasteiger partial charge < -0.3 is 17.7 Å². The quantitative estimate of drug-likeness (QED) is 0.557. The highest BCUT2D eigenvalue weighted by atomic mass is 19.4. The lowest BCUT2D eigenvalue weighted by Crippen LogP contribution is -2.39. The Kier molecular flexibility index (Phi) is 3.07. The Balaban J connectivity index is 3.40. The zero-order valence-corrected chi connectivity index (χ0v) is 8.26. The van der Waals surface area contributed by atoms with Crippen molar-refractivity contribution < 1.29 is 22.5 Å². The fraction of sp³-hybridized carbons (Fsp3) is 0.222. The van der Waals surface area contributed by atoms with Crippen LogP contribution in [-0.4, -0.2) is 20.1 Å². The molecule has 0 aromatic heterocycles. The molecule has 0 heterocycles. The van der Waals surface area contributed by atoms with Gasteiger partial charge in [-0.15, -0.1) is 0 Å². The fourth-order valence-corrected chi connectivity index (χ4v) is 1.34. The van der Waals surface area contributed by atoms with Gasteiger partial charge in [-0.1, -0.05) is 23.7 Å². The minimum atomic E-state index is -5.20. The number of halogens is 3. The Hall–Kier alpha value is -1.46. The summed E-state index contributed by atoms with van der Waals surface area (Å²) < 4.78 is 42.1. The van der Waals surface area contributed by atoms with E-state index in [9.17, 15) is 17.7 Å². The summed E-state index contributed by atoms with van der Waals surface area (Å²) in [6, 6.07) is 3.60. The maximum absolute atomic E-state index is 12.6. The van der Waals surface area contributed by atoms with Crippen LogP contribution >= 0.6 is 0 Å². The minimum Gasteiger partial charge on any atom is -0.465 e. The van der Waals surface area contributed by atoms with Gasteiger partial charge in [0.15, 0.2) is 0 Å². The smallest absolute Gasteiger partial charge is 0.465 e. The first-order chi connectivity index (χ1) is 6.88. The third kappa shape index (κ3) is 2.32. The number of hydrogen-bond donors (Lipinski definition) is 0. The van der Waals surface area contributed by atoms with Crippen molar-refractivity contribution in [2.75, 3.05) is 7.11 Å². The number of aryl methyl sites for hydroxylation is 1. The van der Waals surface area contributed by atoms with Gasteiger partial charge in [0.1, 0.15) is 0 Å². The summed E-state index contributed by atoms with van der Waals surface area (Å²) in [6.07, 6.45) is 0. The first-order valence-electron chi connectivity index (χ1n) is 4.25. The van der Waals surface area contributed by atoms with Gasteiger partial charge in [-0.3, -0.25) is 0 Å². The summed E-state index contributed by atoms with van der Waals surface area (Å²) >= 11 is 0. The molecular formula is C9H9BF3O2-. The van der Waals surface area contributed by atoms with E-state index < -0.39 is 24.0 Å². The maximum atomic E-state index is 12.6. The Morgan fingerprint density at radius 3 is 2.40 bits per heavy atom. The van der Waals surface area contributed by atoms with Crippen molar-refractivity contribution in [3.8, 4) is 0 Å². The molecule has 0 amide bonds. The first kappa shape index (κ1) is 11.6. The molecular weight excluding hydrogens is 208 g/mol. The average molecular weight is 217 g/mol. The molecule has 0 fully saturated rings. The maximum Gasteiger partial charge on any atom is 0.510 e. The lowest BCUT2D eigenvalue weighted by molar-refractivity contribution is 0.0601. The van der Waals surface area contributed by atoms with E-state index in [0.717, 1.165) is 13.2 Å². The highest BCUT2D eigenvalue weighted by Gasteiger charge is 2.31. The Morgan fingerprint density at radius 2 is 1.93 bits per heavy atom. The van der Waals surface area contributed by atoms with Crippen molar-refractivity contribution in [3.05, 3.63) is 29.3 Å². The molecule has 1 aromatic carbocycles. The predicted molar refractivity (Wildman–Crippen MR) is 51.2 cm³/mol. The second-order valence-corrected chi connectivity index (χ2v) is 3.11. The summed E-state index contributed by atoms with van der Waals surface area (Å²) in [7, 11) is 1.06. The van der Waals surface area contributed by atoms with Crippen LogP contribution in [-0.2, 0) is 4.74 Å². The van der Waals surface area contributed by atoms with Gasteiger partial charge in [-0.05, 0) is 12.5 Å².